The molecule has 0 N–H and O–H groups in total. The molecule has 2 unspecified atom stereocenters. The summed E-state index contributed by atoms with van der Waals surface area (Å²) in [7, 11) is 0. The highest BCUT2D eigenvalue weighted by Gasteiger charge is 2.55. The summed E-state index contributed by atoms with van der Waals surface area (Å²) in [5.74, 6) is 0.296. The smallest absolute Gasteiger partial charge is 0.228 e. The molecule has 0 bridgehead atoms. The Balaban J connectivity index is 1.52. The molecule has 2 aliphatic rings. The van der Waals surface area contributed by atoms with Crippen LogP contribution in [-0.4, -0.2) is 34.7 Å². The van der Waals surface area contributed by atoms with E-state index in [4.69, 9.17) is 0 Å². The number of benzene rings is 2. The molecule has 1 saturated heterocycles. The van der Waals surface area contributed by atoms with Crippen LogP contribution in [0.15, 0.2) is 85.1 Å². The third-order valence-corrected chi connectivity index (χ3v) is 7.12. The lowest BCUT2D eigenvalue weighted by Crippen LogP contribution is -2.47. The molecule has 31 heavy (non-hydrogen) atoms. The van der Waals surface area contributed by atoms with Gasteiger partial charge in [-0.2, -0.15) is 0 Å². The zero-order valence-corrected chi connectivity index (χ0v) is 17.5. The Bertz CT molecular complexity index is 1030. The van der Waals surface area contributed by atoms with Crippen LogP contribution in [0, 0.1) is 11.8 Å². The number of Topliss-reactive ketones (excluding diaryl/α,β-unsaturated/α-hetero) is 1. The van der Waals surface area contributed by atoms with Gasteiger partial charge in [0, 0.05) is 48.7 Å². The van der Waals surface area contributed by atoms with Gasteiger partial charge in [-0.05, 0) is 29.7 Å². The molecule has 5 rings (SSSR count). The number of hydrogen-bond donors (Lipinski definition) is 0. The normalized spacial score (nSPS) is 22.2. The molecule has 4 nitrogen and oxygen atoms in total. The van der Waals surface area contributed by atoms with E-state index in [0.29, 0.717) is 25.3 Å². The van der Waals surface area contributed by atoms with Crippen LogP contribution in [0.2, 0.25) is 0 Å². The van der Waals surface area contributed by atoms with E-state index in [-0.39, 0.29) is 29.6 Å². The third kappa shape index (κ3) is 3.46. The van der Waals surface area contributed by atoms with Gasteiger partial charge >= 0.3 is 0 Å². The maximum atomic E-state index is 13.1. The zero-order valence-electron chi connectivity index (χ0n) is 17.5. The lowest BCUT2D eigenvalue weighted by molar-refractivity contribution is -0.129. The second kappa shape index (κ2) is 8.10. The highest BCUT2D eigenvalue weighted by Crippen LogP contribution is 2.52. The van der Waals surface area contributed by atoms with Crippen molar-refractivity contribution < 1.29 is 9.59 Å². The summed E-state index contributed by atoms with van der Waals surface area (Å²) >= 11 is 0. The number of pyridine rings is 1. The Hall–Kier alpha value is -3.27. The molecule has 4 heteroatoms. The van der Waals surface area contributed by atoms with Gasteiger partial charge in [0.1, 0.15) is 5.78 Å². The zero-order chi connectivity index (χ0) is 21.3. The van der Waals surface area contributed by atoms with Crippen LogP contribution in [0.25, 0.3) is 0 Å². The van der Waals surface area contributed by atoms with E-state index in [1.807, 2.05) is 35.2 Å². The molecule has 0 spiro atoms. The first-order valence-electron chi connectivity index (χ1n) is 11.0. The average Bonchev–Trinajstić information content (AvgIpc) is 3.29. The van der Waals surface area contributed by atoms with Gasteiger partial charge in [-0.1, -0.05) is 66.7 Å². The van der Waals surface area contributed by atoms with Crippen molar-refractivity contribution in [2.75, 3.05) is 13.1 Å². The van der Waals surface area contributed by atoms with E-state index < -0.39 is 0 Å². The predicted octanol–water partition coefficient (Wildman–Crippen LogP) is 4.05. The summed E-state index contributed by atoms with van der Waals surface area (Å²) < 4.78 is 0. The molecule has 3 aromatic rings. The van der Waals surface area contributed by atoms with Crippen molar-refractivity contribution in [1.82, 2.24) is 9.88 Å². The van der Waals surface area contributed by atoms with E-state index in [9.17, 15) is 9.59 Å². The van der Waals surface area contributed by atoms with E-state index in [0.717, 1.165) is 12.1 Å². The van der Waals surface area contributed by atoms with E-state index in [1.54, 1.807) is 6.20 Å². The highest BCUT2D eigenvalue weighted by molar-refractivity contribution is 5.86. The van der Waals surface area contributed by atoms with E-state index >= 15 is 0 Å². The van der Waals surface area contributed by atoms with Crippen LogP contribution in [0.3, 0.4) is 0 Å². The van der Waals surface area contributed by atoms with Gasteiger partial charge in [-0.25, -0.2) is 0 Å². The summed E-state index contributed by atoms with van der Waals surface area (Å²) in [5, 5.41) is 0. The van der Waals surface area contributed by atoms with Crippen LogP contribution in [-0.2, 0) is 21.4 Å². The number of rotatable bonds is 4. The maximum absolute atomic E-state index is 13.1. The minimum atomic E-state index is -0.263. The molecule has 1 saturated carbocycles. The molecule has 1 aliphatic heterocycles. The fraction of sp³-hybridized carbons (Fsp3) is 0.296. The first kappa shape index (κ1) is 19.7. The van der Waals surface area contributed by atoms with Crippen LogP contribution in [0.4, 0.5) is 0 Å². The summed E-state index contributed by atoms with van der Waals surface area (Å²) in [5.41, 5.74) is 2.98. The molecule has 2 fully saturated rings. The summed E-state index contributed by atoms with van der Waals surface area (Å²) in [6.45, 7) is 1.11. The number of ketones is 1. The van der Waals surface area contributed by atoms with Crippen molar-refractivity contribution in [2.45, 2.75) is 24.7 Å². The number of carbonyl (C=O) groups is 2. The summed E-state index contributed by atoms with van der Waals surface area (Å²) in [6, 6.07) is 26.7. The van der Waals surface area contributed by atoms with Gasteiger partial charge in [0.15, 0.2) is 0 Å². The number of hydrogen-bond acceptors (Lipinski definition) is 3. The lowest BCUT2D eigenvalue weighted by atomic mass is 9.56. The molecule has 1 aromatic heterocycles. The third-order valence-electron chi connectivity index (χ3n) is 7.12. The SMILES string of the molecule is O=C1CCC(c2ccccc2)(c2ccccc2)C2CN(C(=O)Cc3ccccn3)CC12. The topological polar surface area (TPSA) is 50.3 Å². The Kier molecular flexibility index (Phi) is 5.14. The van der Waals surface area contributed by atoms with Crippen LogP contribution in [0.1, 0.15) is 29.7 Å². The maximum Gasteiger partial charge on any atom is 0.228 e. The van der Waals surface area contributed by atoms with Gasteiger partial charge in [-0.3, -0.25) is 14.6 Å². The monoisotopic (exact) mass is 410 g/mol. The number of amides is 1. The minimum Gasteiger partial charge on any atom is -0.341 e. The van der Waals surface area contributed by atoms with Gasteiger partial charge in [0.2, 0.25) is 5.91 Å². The van der Waals surface area contributed by atoms with Gasteiger partial charge in [0.25, 0.3) is 0 Å². The van der Waals surface area contributed by atoms with Gasteiger partial charge in [0.05, 0.1) is 6.42 Å². The molecule has 2 heterocycles. The number of carbonyl (C=O) groups excluding carboxylic acids is 2. The average molecular weight is 411 g/mol. The van der Waals surface area contributed by atoms with Crippen molar-refractivity contribution in [3.63, 3.8) is 0 Å². The second-order valence-electron chi connectivity index (χ2n) is 8.68. The highest BCUT2D eigenvalue weighted by atomic mass is 16.2. The van der Waals surface area contributed by atoms with Crippen LogP contribution >= 0.6 is 0 Å². The van der Waals surface area contributed by atoms with Crippen molar-refractivity contribution in [3.8, 4) is 0 Å². The van der Waals surface area contributed by atoms with Crippen molar-refractivity contribution in [1.29, 1.82) is 0 Å². The molecular weight excluding hydrogens is 384 g/mol. The first-order chi connectivity index (χ1) is 15.2. The standard InChI is InChI=1S/C27H26N2O2/c30-25-14-15-27(20-9-3-1-4-10-20,21-11-5-2-6-12-21)24-19-29(18-23(24)25)26(31)17-22-13-7-8-16-28-22/h1-13,16,23-24H,14-15,17-19H2. The molecule has 2 aromatic carbocycles. The fourth-order valence-corrected chi connectivity index (χ4v) is 5.65. The largest absolute Gasteiger partial charge is 0.341 e. The van der Waals surface area contributed by atoms with Crippen LogP contribution in [0.5, 0.6) is 0 Å². The Morgan fingerprint density at radius 1 is 0.903 bits per heavy atom. The Morgan fingerprint density at radius 2 is 1.55 bits per heavy atom. The molecular formula is C27H26N2O2. The van der Waals surface area contributed by atoms with Crippen molar-refractivity contribution in [2.24, 2.45) is 11.8 Å². The Morgan fingerprint density at radius 3 is 2.16 bits per heavy atom. The van der Waals surface area contributed by atoms with Crippen molar-refractivity contribution >= 4 is 11.7 Å². The number of nitrogens with zero attached hydrogens (tertiary/aromatic N) is 2. The second-order valence-corrected chi connectivity index (χ2v) is 8.68. The quantitative estimate of drug-likeness (QED) is 0.652. The number of fused-ring (bicyclic) bond motifs is 1. The van der Waals surface area contributed by atoms with Crippen LogP contribution < -0.4 is 0 Å². The van der Waals surface area contributed by atoms with Crippen molar-refractivity contribution in [3.05, 3.63) is 102 Å². The number of likely N-dealkylation sites (tertiary alicyclic amines) is 1. The van der Waals surface area contributed by atoms with E-state index in [2.05, 4.69) is 53.5 Å². The molecule has 0 radical (unpaired) electrons. The fourth-order valence-electron chi connectivity index (χ4n) is 5.65. The molecule has 1 aliphatic carbocycles. The predicted molar refractivity (Wildman–Crippen MR) is 119 cm³/mol. The minimum absolute atomic E-state index is 0.0518. The van der Waals surface area contributed by atoms with Gasteiger partial charge in [-0.15, -0.1) is 0 Å². The molecule has 156 valence electrons. The lowest BCUT2D eigenvalue weighted by Gasteiger charge is -2.45. The van der Waals surface area contributed by atoms with Gasteiger partial charge < -0.3 is 4.90 Å². The molecule has 1 amide bonds. The summed E-state index contributed by atoms with van der Waals surface area (Å²) in [4.78, 5) is 32.3. The summed E-state index contributed by atoms with van der Waals surface area (Å²) in [6.07, 6.45) is 3.32. The first-order valence-corrected chi connectivity index (χ1v) is 11.0. The molecule has 2 atom stereocenters. The Labute approximate surface area is 182 Å². The number of aromatic nitrogens is 1. The van der Waals surface area contributed by atoms with E-state index in [1.165, 1.54) is 11.1 Å².